The monoisotopic (exact) mass is 396 g/mol. The number of rotatable bonds is 8. The summed E-state index contributed by atoms with van der Waals surface area (Å²) in [7, 11) is 0. The third-order valence-corrected chi connectivity index (χ3v) is 5.10. The maximum Gasteiger partial charge on any atom is 0.191 e. The minimum atomic E-state index is 0.0421. The van der Waals surface area contributed by atoms with Crippen LogP contribution >= 0.6 is 0 Å². The molecular weight excluding hydrogens is 364 g/mol. The van der Waals surface area contributed by atoms with E-state index in [0.717, 1.165) is 56.5 Å². The molecule has 1 aliphatic rings. The fourth-order valence-electron chi connectivity index (χ4n) is 3.44. The highest BCUT2D eigenvalue weighted by molar-refractivity contribution is 5.79. The van der Waals surface area contributed by atoms with Gasteiger partial charge < -0.3 is 20.5 Å². The molecule has 0 aliphatic carbocycles. The third kappa shape index (κ3) is 6.56. The van der Waals surface area contributed by atoms with Crippen LogP contribution in [0.5, 0.6) is 0 Å². The molecule has 6 nitrogen and oxygen atoms in total. The number of nitrogens with zero attached hydrogens (tertiary/aromatic N) is 2. The summed E-state index contributed by atoms with van der Waals surface area (Å²) in [6, 6.07) is 16.4. The Bertz CT molecular complexity index is 788. The molecule has 0 aromatic heterocycles. The summed E-state index contributed by atoms with van der Waals surface area (Å²) < 4.78 is 5.46. The molecule has 156 valence electrons. The van der Waals surface area contributed by atoms with Gasteiger partial charge in [0.05, 0.1) is 26.4 Å². The number of hydrogen-bond acceptors (Lipinski definition) is 4. The zero-order valence-corrected chi connectivity index (χ0v) is 17.2. The van der Waals surface area contributed by atoms with Gasteiger partial charge >= 0.3 is 0 Å². The summed E-state index contributed by atoms with van der Waals surface area (Å²) in [5.74, 6) is 0.779. The van der Waals surface area contributed by atoms with Gasteiger partial charge in [0.15, 0.2) is 5.96 Å². The molecule has 2 aromatic carbocycles. The second-order valence-corrected chi connectivity index (χ2v) is 7.13. The van der Waals surface area contributed by atoms with Gasteiger partial charge in [-0.2, -0.15) is 0 Å². The van der Waals surface area contributed by atoms with Crippen LogP contribution in [0.4, 0.5) is 0 Å². The Hall–Kier alpha value is -2.41. The van der Waals surface area contributed by atoms with E-state index in [2.05, 4.69) is 46.7 Å². The number of guanidine groups is 1. The van der Waals surface area contributed by atoms with Crippen molar-refractivity contribution in [1.82, 2.24) is 15.5 Å². The summed E-state index contributed by atoms with van der Waals surface area (Å²) in [5.41, 5.74) is 4.58. The summed E-state index contributed by atoms with van der Waals surface area (Å²) >= 11 is 0. The van der Waals surface area contributed by atoms with Crippen LogP contribution in [0.3, 0.4) is 0 Å². The van der Waals surface area contributed by atoms with E-state index in [4.69, 9.17) is 9.73 Å². The molecule has 3 N–H and O–H groups in total. The number of morpholine rings is 1. The van der Waals surface area contributed by atoms with Gasteiger partial charge in [-0.05, 0) is 29.2 Å². The molecule has 0 saturated carbocycles. The van der Waals surface area contributed by atoms with Gasteiger partial charge in [0.25, 0.3) is 0 Å². The summed E-state index contributed by atoms with van der Waals surface area (Å²) in [6.45, 7) is 8.65. The lowest BCUT2D eigenvalue weighted by Gasteiger charge is -2.27. The zero-order chi connectivity index (χ0) is 20.3. The average molecular weight is 397 g/mol. The predicted octanol–water partition coefficient (Wildman–Crippen LogP) is 2.27. The summed E-state index contributed by atoms with van der Waals surface area (Å²) in [5, 5.41) is 16.2. The lowest BCUT2D eigenvalue weighted by Crippen LogP contribution is -2.37. The van der Waals surface area contributed by atoms with Crippen molar-refractivity contribution in [1.29, 1.82) is 0 Å². The number of aliphatic hydroxyl groups excluding tert-OH is 1. The molecule has 0 bridgehead atoms. The normalized spacial score (nSPS) is 15.3. The Morgan fingerprint density at radius 1 is 0.966 bits per heavy atom. The van der Waals surface area contributed by atoms with E-state index in [1.165, 1.54) is 11.1 Å². The molecule has 0 spiro atoms. The van der Waals surface area contributed by atoms with E-state index in [1.54, 1.807) is 0 Å². The van der Waals surface area contributed by atoms with Gasteiger partial charge in [-0.1, -0.05) is 48.5 Å². The van der Waals surface area contributed by atoms with Crippen molar-refractivity contribution >= 4 is 5.96 Å². The maximum absolute atomic E-state index is 9.52. The van der Waals surface area contributed by atoms with E-state index >= 15 is 0 Å². The van der Waals surface area contributed by atoms with Crippen molar-refractivity contribution in [2.75, 3.05) is 32.8 Å². The second kappa shape index (κ2) is 11.6. The molecule has 1 saturated heterocycles. The molecule has 29 heavy (non-hydrogen) atoms. The van der Waals surface area contributed by atoms with E-state index in [1.807, 2.05) is 24.3 Å². The Balaban J connectivity index is 1.65. The lowest BCUT2D eigenvalue weighted by molar-refractivity contribution is 0.0341. The fourth-order valence-corrected chi connectivity index (χ4v) is 3.44. The van der Waals surface area contributed by atoms with Crippen molar-refractivity contribution in [2.45, 2.75) is 33.2 Å². The first-order valence-corrected chi connectivity index (χ1v) is 10.4. The first kappa shape index (κ1) is 21.3. The number of hydrogen-bond donors (Lipinski definition) is 3. The SMILES string of the molecule is CCNC(=NCc1ccccc1CN1CCOCC1)NCc1ccccc1CO. The number of aliphatic hydroxyl groups is 1. The molecule has 0 atom stereocenters. The minimum absolute atomic E-state index is 0.0421. The first-order valence-electron chi connectivity index (χ1n) is 10.4. The van der Waals surface area contributed by atoms with Crippen LogP contribution < -0.4 is 10.6 Å². The lowest BCUT2D eigenvalue weighted by atomic mass is 10.1. The van der Waals surface area contributed by atoms with Gasteiger partial charge in [0.1, 0.15) is 0 Å². The molecule has 2 aromatic rings. The average Bonchev–Trinajstić information content (AvgIpc) is 2.77. The Morgan fingerprint density at radius 3 is 2.31 bits per heavy atom. The fraction of sp³-hybridized carbons (Fsp3) is 0.435. The standard InChI is InChI=1S/C23H32N4O2/c1-2-24-23(26-16-20-8-4-6-10-22(20)18-28)25-15-19-7-3-5-9-21(19)17-27-11-13-29-14-12-27/h3-10,28H,2,11-18H2,1H3,(H2,24,25,26). The van der Waals surface area contributed by atoms with Crippen LogP contribution in [0.2, 0.25) is 0 Å². The van der Waals surface area contributed by atoms with Crippen molar-refractivity contribution in [2.24, 2.45) is 4.99 Å². The van der Waals surface area contributed by atoms with Crippen molar-refractivity contribution in [3.63, 3.8) is 0 Å². The smallest absolute Gasteiger partial charge is 0.191 e. The number of ether oxygens (including phenoxy) is 1. The molecular formula is C23H32N4O2. The zero-order valence-electron chi connectivity index (χ0n) is 17.2. The highest BCUT2D eigenvalue weighted by Crippen LogP contribution is 2.14. The highest BCUT2D eigenvalue weighted by Gasteiger charge is 2.12. The van der Waals surface area contributed by atoms with Crippen molar-refractivity contribution < 1.29 is 9.84 Å². The van der Waals surface area contributed by atoms with Crippen LogP contribution in [-0.2, 0) is 31.0 Å². The predicted molar refractivity (Wildman–Crippen MR) is 117 cm³/mol. The van der Waals surface area contributed by atoms with E-state index < -0.39 is 0 Å². The van der Waals surface area contributed by atoms with Gasteiger partial charge in [0.2, 0.25) is 0 Å². The molecule has 0 radical (unpaired) electrons. The Labute approximate surface area is 173 Å². The topological polar surface area (TPSA) is 69.1 Å². The molecule has 1 heterocycles. The van der Waals surface area contributed by atoms with Gasteiger partial charge in [-0.25, -0.2) is 4.99 Å². The largest absolute Gasteiger partial charge is 0.392 e. The third-order valence-electron chi connectivity index (χ3n) is 5.10. The molecule has 0 amide bonds. The van der Waals surface area contributed by atoms with Gasteiger partial charge in [-0.3, -0.25) is 4.90 Å². The Kier molecular flexibility index (Phi) is 8.49. The second-order valence-electron chi connectivity index (χ2n) is 7.13. The molecule has 1 fully saturated rings. The van der Waals surface area contributed by atoms with Crippen LogP contribution in [0, 0.1) is 0 Å². The minimum Gasteiger partial charge on any atom is -0.392 e. The van der Waals surface area contributed by atoms with Gasteiger partial charge in [-0.15, -0.1) is 0 Å². The number of benzene rings is 2. The van der Waals surface area contributed by atoms with E-state index in [9.17, 15) is 5.11 Å². The van der Waals surface area contributed by atoms with Crippen LogP contribution in [0.15, 0.2) is 53.5 Å². The summed E-state index contributed by atoms with van der Waals surface area (Å²) in [4.78, 5) is 7.23. The number of nitrogens with one attached hydrogen (secondary N) is 2. The molecule has 1 aliphatic heterocycles. The van der Waals surface area contributed by atoms with E-state index in [0.29, 0.717) is 13.1 Å². The van der Waals surface area contributed by atoms with Crippen LogP contribution in [0.25, 0.3) is 0 Å². The number of aliphatic imine (C=N–C) groups is 1. The van der Waals surface area contributed by atoms with Gasteiger partial charge in [0, 0.05) is 32.7 Å². The molecule has 3 rings (SSSR count). The highest BCUT2D eigenvalue weighted by atomic mass is 16.5. The van der Waals surface area contributed by atoms with Crippen LogP contribution in [0.1, 0.15) is 29.2 Å². The molecule has 0 unspecified atom stereocenters. The van der Waals surface area contributed by atoms with E-state index in [-0.39, 0.29) is 6.61 Å². The van der Waals surface area contributed by atoms with Crippen LogP contribution in [-0.4, -0.2) is 48.8 Å². The first-order chi connectivity index (χ1) is 14.3. The van der Waals surface area contributed by atoms with Crippen molar-refractivity contribution in [3.05, 3.63) is 70.8 Å². The maximum atomic E-state index is 9.52. The quantitative estimate of drug-likeness (QED) is 0.472. The Morgan fingerprint density at radius 2 is 1.62 bits per heavy atom. The van der Waals surface area contributed by atoms with Crippen molar-refractivity contribution in [3.8, 4) is 0 Å². The summed E-state index contributed by atoms with van der Waals surface area (Å²) in [6.07, 6.45) is 0. The molecule has 6 heteroatoms.